The van der Waals surface area contributed by atoms with E-state index in [0.29, 0.717) is 0 Å². The lowest BCUT2D eigenvalue weighted by atomic mass is 10.1. The van der Waals surface area contributed by atoms with Crippen LogP contribution in [0.25, 0.3) is 11.3 Å². The van der Waals surface area contributed by atoms with Crippen molar-refractivity contribution in [1.82, 2.24) is 0 Å². The van der Waals surface area contributed by atoms with E-state index < -0.39 is 11.7 Å². The van der Waals surface area contributed by atoms with Gasteiger partial charge in [0.1, 0.15) is 17.3 Å². The fourth-order valence-electron chi connectivity index (χ4n) is 2.03. The molecule has 0 atom stereocenters. The van der Waals surface area contributed by atoms with Gasteiger partial charge in [-0.05, 0) is 36.4 Å². The van der Waals surface area contributed by atoms with Crippen LogP contribution in [-0.4, -0.2) is 11.0 Å². The summed E-state index contributed by atoms with van der Waals surface area (Å²) < 4.78 is 19.1. The number of hydrogen-bond acceptors (Lipinski definition) is 3. The number of benzene rings is 2. The third-order valence-corrected chi connectivity index (χ3v) is 3.12. The molecule has 2 N–H and O–H groups in total. The Kier molecular flexibility index (Phi) is 3.62. The van der Waals surface area contributed by atoms with Crippen LogP contribution in [0.2, 0.25) is 0 Å². The number of phenols is 1. The Morgan fingerprint density at radius 3 is 2.50 bits per heavy atom. The Morgan fingerprint density at radius 2 is 1.73 bits per heavy atom. The third-order valence-electron chi connectivity index (χ3n) is 3.12. The highest BCUT2D eigenvalue weighted by molar-refractivity contribution is 6.03. The molecule has 0 spiro atoms. The Morgan fingerprint density at radius 1 is 1.00 bits per heavy atom. The molecular formula is C17H12FNO3. The number of furan rings is 1. The molecule has 0 aliphatic rings. The molecule has 3 aromatic rings. The van der Waals surface area contributed by atoms with Crippen LogP contribution < -0.4 is 5.32 Å². The molecule has 1 aromatic heterocycles. The summed E-state index contributed by atoms with van der Waals surface area (Å²) in [5.74, 6) is -0.702. The van der Waals surface area contributed by atoms with Gasteiger partial charge in [-0.25, -0.2) is 4.39 Å². The van der Waals surface area contributed by atoms with Gasteiger partial charge in [0.2, 0.25) is 0 Å². The molecule has 5 heteroatoms. The number of carbonyl (C=O) groups is 1. The largest absolute Gasteiger partial charge is 0.506 e. The number of phenolic OH excluding ortho intramolecular Hbond substituents is 1. The molecule has 3 rings (SSSR count). The summed E-state index contributed by atoms with van der Waals surface area (Å²) in [5.41, 5.74) is 0.556. The standard InChI is InChI=1S/C17H12FNO3/c18-12-6-2-1-5-11(12)15-9-10-16(22-15)17(21)19-13-7-3-4-8-14(13)20/h1-10,20H,(H,19,21). The minimum atomic E-state index is -0.524. The second-order valence-corrected chi connectivity index (χ2v) is 4.62. The Balaban J connectivity index is 1.84. The predicted molar refractivity (Wildman–Crippen MR) is 80.2 cm³/mol. The fraction of sp³-hybridized carbons (Fsp3) is 0. The number of anilines is 1. The van der Waals surface area contributed by atoms with E-state index >= 15 is 0 Å². The number of hydrogen-bond donors (Lipinski definition) is 2. The molecular weight excluding hydrogens is 285 g/mol. The van der Waals surface area contributed by atoms with Crippen molar-refractivity contribution in [1.29, 1.82) is 0 Å². The molecule has 4 nitrogen and oxygen atoms in total. The number of aromatic hydroxyl groups is 1. The first kappa shape index (κ1) is 13.9. The number of nitrogens with one attached hydrogen (secondary N) is 1. The van der Waals surface area contributed by atoms with Crippen LogP contribution >= 0.6 is 0 Å². The average molecular weight is 297 g/mol. The van der Waals surface area contributed by atoms with Gasteiger partial charge in [0.25, 0.3) is 5.91 Å². The van der Waals surface area contributed by atoms with Crippen molar-refractivity contribution >= 4 is 11.6 Å². The fourth-order valence-corrected chi connectivity index (χ4v) is 2.03. The van der Waals surface area contributed by atoms with Gasteiger partial charge in [-0.1, -0.05) is 24.3 Å². The zero-order chi connectivity index (χ0) is 15.5. The van der Waals surface area contributed by atoms with Gasteiger partial charge in [0.05, 0.1) is 11.3 Å². The summed E-state index contributed by atoms with van der Waals surface area (Å²) in [5, 5.41) is 12.2. The molecule has 0 fully saturated rings. The van der Waals surface area contributed by atoms with Crippen molar-refractivity contribution in [2.75, 3.05) is 5.32 Å². The van der Waals surface area contributed by atoms with Crippen molar-refractivity contribution in [3.05, 3.63) is 72.2 Å². The average Bonchev–Trinajstić information content (AvgIpc) is 3.00. The van der Waals surface area contributed by atoms with Gasteiger partial charge in [-0.2, -0.15) is 0 Å². The highest BCUT2D eigenvalue weighted by Gasteiger charge is 2.15. The maximum absolute atomic E-state index is 13.7. The summed E-state index contributed by atoms with van der Waals surface area (Å²) in [6.45, 7) is 0. The number of carbonyl (C=O) groups excluding carboxylic acids is 1. The van der Waals surface area contributed by atoms with Gasteiger partial charge in [0, 0.05) is 0 Å². The van der Waals surface area contributed by atoms with Crippen LogP contribution in [0, 0.1) is 5.82 Å². The van der Waals surface area contributed by atoms with Crippen molar-refractivity contribution in [3.8, 4) is 17.1 Å². The smallest absolute Gasteiger partial charge is 0.291 e. The van der Waals surface area contributed by atoms with E-state index in [1.54, 1.807) is 36.4 Å². The molecule has 0 aliphatic carbocycles. The maximum Gasteiger partial charge on any atom is 0.291 e. The number of halogens is 1. The SMILES string of the molecule is O=C(Nc1ccccc1O)c1ccc(-c2ccccc2F)o1. The summed E-state index contributed by atoms with van der Waals surface area (Å²) in [4.78, 5) is 12.1. The highest BCUT2D eigenvalue weighted by atomic mass is 19.1. The first-order chi connectivity index (χ1) is 10.6. The van der Waals surface area contributed by atoms with Crippen LogP contribution in [0.15, 0.2) is 65.1 Å². The van der Waals surface area contributed by atoms with Crippen LogP contribution in [-0.2, 0) is 0 Å². The Bertz CT molecular complexity index is 826. The molecule has 22 heavy (non-hydrogen) atoms. The zero-order valence-electron chi connectivity index (χ0n) is 11.4. The van der Waals surface area contributed by atoms with Gasteiger partial charge in [-0.15, -0.1) is 0 Å². The Hall–Kier alpha value is -3.08. The summed E-state index contributed by atoms with van der Waals surface area (Å²) in [6, 6.07) is 15.5. The first-order valence-corrected chi connectivity index (χ1v) is 6.59. The van der Waals surface area contributed by atoms with Crippen LogP contribution in [0.4, 0.5) is 10.1 Å². The molecule has 1 heterocycles. The number of para-hydroxylation sites is 2. The Labute approximate surface area is 125 Å². The summed E-state index contributed by atoms with van der Waals surface area (Å²) >= 11 is 0. The number of amides is 1. The normalized spacial score (nSPS) is 10.4. The molecule has 0 unspecified atom stereocenters. The zero-order valence-corrected chi connectivity index (χ0v) is 11.4. The monoisotopic (exact) mass is 297 g/mol. The lowest BCUT2D eigenvalue weighted by Crippen LogP contribution is -2.10. The maximum atomic E-state index is 13.7. The first-order valence-electron chi connectivity index (χ1n) is 6.59. The molecule has 110 valence electrons. The van der Waals surface area contributed by atoms with E-state index in [1.807, 2.05) is 0 Å². The molecule has 2 aromatic carbocycles. The lowest BCUT2D eigenvalue weighted by molar-refractivity contribution is 0.0997. The minimum Gasteiger partial charge on any atom is -0.506 e. The van der Waals surface area contributed by atoms with E-state index in [2.05, 4.69) is 5.32 Å². The van der Waals surface area contributed by atoms with Crippen molar-refractivity contribution in [2.24, 2.45) is 0 Å². The predicted octanol–water partition coefficient (Wildman–Crippen LogP) is 4.04. The molecule has 0 saturated heterocycles. The van der Waals surface area contributed by atoms with Crippen molar-refractivity contribution in [2.45, 2.75) is 0 Å². The minimum absolute atomic E-state index is 0.0292. The lowest BCUT2D eigenvalue weighted by Gasteiger charge is -2.05. The van der Waals surface area contributed by atoms with Crippen LogP contribution in [0.1, 0.15) is 10.6 Å². The van der Waals surface area contributed by atoms with E-state index in [1.165, 1.54) is 24.3 Å². The van der Waals surface area contributed by atoms with E-state index in [9.17, 15) is 14.3 Å². The summed E-state index contributed by atoms with van der Waals surface area (Å²) in [6.07, 6.45) is 0. The number of rotatable bonds is 3. The van der Waals surface area contributed by atoms with Crippen molar-refractivity contribution < 1.29 is 18.7 Å². The molecule has 1 amide bonds. The van der Waals surface area contributed by atoms with E-state index in [-0.39, 0.29) is 28.5 Å². The summed E-state index contributed by atoms with van der Waals surface area (Å²) in [7, 11) is 0. The van der Waals surface area contributed by atoms with Gasteiger partial charge >= 0.3 is 0 Å². The molecule has 0 bridgehead atoms. The molecule has 0 saturated carbocycles. The van der Waals surface area contributed by atoms with Crippen LogP contribution in [0.3, 0.4) is 0 Å². The highest BCUT2D eigenvalue weighted by Crippen LogP contribution is 2.26. The van der Waals surface area contributed by atoms with Gasteiger partial charge in [-0.3, -0.25) is 4.79 Å². The second-order valence-electron chi connectivity index (χ2n) is 4.62. The van der Waals surface area contributed by atoms with Gasteiger partial charge < -0.3 is 14.8 Å². The van der Waals surface area contributed by atoms with Crippen molar-refractivity contribution in [3.63, 3.8) is 0 Å². The van der Waals surface area contributed by atoms with Gasteiger partial charge in [0.15, 0.2) is 5.76 Å². The van der Waals surface area contributed by atoms with Crippen LogP contribution in [0.5, 0.6) is 5.75 Å². The topological polar surface area (TPSA) is 62.5 Å². The molecule has 0 aliphatic heterocycles. The second kappa shape index (κ2) is 5.73. The third kappa shape index (κ3) is 2.69. The molecule has 0 radical (unpaired) electrons. The quantitative estimate of drug-likeness (QED) is 0.717. The van der Waals surface area contributed by atoms with E-state index in [0.717, 1.165) is 0 Å². The van der Waals surface area contributed by atoms with E-state index in [4.69, 9.17) is 4.42 Å².